The SMILES string of the molecule is NCSc1c(-c2ccccc2)c(-c2ccccc2)nn1C[C@H]1CC[C@@H](COCC(=O)O)CC1. The van der Waals surface area contributed by atoms with Gasteiger partial charge in [-0.3, -0.25) is 4.68 Å². The van der Waals surface area contributed by atoms with E-state index in [1.165, 1.54) is 0 Å². The lowest BCUT2D eigenvalue weighted by atomic mass is 9.82. The molecule has 1 aliphatic rings. The number of aliphatic carboxylic acids is 1. The molecule has 1 aliphatic carbocycles. The molecule has 1 aromatic heterocycles. The van der Waals surface area contributed by atoms with Crippen molar-refractivity contribution in [3.63, 3.8) is 0 Å². The first-order chi connectivity index (χ1) is 16.2. The molecule has 0 aliphatic heterocycles. The Morgan fingerprint density at radius 3 is 2.21 bits per heavy atom. The molecule has 0 amide bonds. The van der Waals surface area contributed by atoms with Crippen molar-refractivity contribution in [3.05, 3.63) is 60.7 Å². The maximum absolute atomic E-state index is 10.7. The van der Waals surface area contributed by atoms with Crippen LogP contribution in [0.15, 0.2) is 65.7 Å². The molecule has 4 rings (SSSR count). The van der Waals surface area contributed by atoms with Gasteiger partial charge in [0.05, 0.1) is 6.61 Å². The van der Waals surface area contributed by atoms with E-state index in [4.69, 9.17) is 20.7 Å². The molecular weight excluding hydrogens is 434 g/mol. The Morgan fingerprint density at radius 1 is 1.00 bits per heavy atom. The van der Waals surface area contributed by atoms with E-state index in [-0.39, 0.29) is 6.61 Å². The van der Waals surface area contributed by atoms with E-state index < -0.39 is 5.97 Å². The van der Waals surface area contributed by atoms with E-state index >= 15 is 0 Å². The third-order valence-electron chi connectivity index (χ3n) is 6.21. The van der Waals surface area contributed by atoms with Gasteiger partial charge in [-0.05, 0) is 43.1 Å². The first-order valence-electron chi connectivity index (χ1n) is 11.5. The summed E-state index contributed by atoms with van der Waals surface area (Å²) < 4.78 is 7.48. The van der Waals surface area contributed by atoms with E-state index in [0.717, 1.165) is 59.6 Å². The van der Waals surface area contributed by atoms with Gasteiger partial charge in [-0.25, -0.2) is 4.79 Å². The van der Waals surface area contributed by atoms with Crippen LogP contribution in [0, 0.1) is 11.8 Å². The highest BCUT2D eigenvalue weighted by Crippen LogP contribution is 2.40. The predicted molar refractivity (Wildman–Crippen MR) is 132 cm³/mol. The Bertz CT molecular complexity index is 1030. The zero-order chi connectivity index (χ0) is 23.0. The van der Waals surface area contributed by atoms with Crippen LogP contribution in [-0.2, 0) is 16.1 Å². The van der Waals surface area contributed by atoms with Gasteiger partial charge >= 0.3 is 5.97 Å². The number of nitrogens with zero attached hydrogens (tertiary/aromatic N) is 2. The maximum atomic E-state index is 10.7. The van der Waals surface area contributed by atoms with Crippen LogP contribution in [0.25, 0.3) is 22.4 Å². The summed E-state index contributed by atoms with van der Waals surface area (Å²) in [6, 6.07) is 20.8. The van der Waals surface area contributed by atoms with E-state index in [1.54, 1.807) is 11.8 Å². The van der Waals surface area contributed by atoms with Crippen LogP contribution < -0.4 is 5.73 Å². The number of nitrogens with two attached hydrogens (primary N) is 1. The number of carboxylic acid groups (broad SMARTS) is 1. The molecule has 0 atom stereocenters. The molecular formula is C26H31N3O3S. The minimum atomic E-state index is -0.907. The van der Waals surface area contributed by atoms with Crippen LogP contribution in [0.2, 0.25) is 0 Å². The van der Waals surface area contributed by atoms with Crippen molar-refractivity contribution in [2.45, 2.75) is 37.3 Å². The number of aromatic nitrogens is 2. The smallest absolute Gasteiger partial charge is 0.329 e. The molecule has 33 heavy (non-hydrogen) atoms. The fourth-order valence-corrected chi connectivity index (χ4v) is 5.38. The monoisotopic (exact) mass is 465 g/mol. The Labute approximate surface area is 199 Å². The molecule has 0 unspecified atom stereocenters. The van der Waals surface area contributed by atoms with Crippen LogP contribution in [0.1, 0.15) is 25.7 Å². The summed E-state index contributed by atoms with van der Waals surface area (Å²) in [5.74, 6) is 0.560. The minimum absolute atomic E-state index is 0.211. The summed E-state index contributed by atoms with van der Waals surface area (Å²) in [5.41, 5.74) is 10.4. The second kappa shape index (κ2) is 11.5. The molecule has 2 aromatic carbocycles. The van der Waals surface area contributed by atoms with E-state index in [1.807, 2.05) is 24.3 Å². The Morgan fingerprint density at radius 2 is 1.61 bits per heavy atom. The lowest BCUT2D eigenvalue weighted by Gasteiger charge is -2.28. The third kappa shape index (κ3) is 6.05. The first kappa shape index (κ1) is 23.5. The van der Waals surface area contributed by atoms with Gasteiger partial charge in [0.15, 0.2) is 0 Å². The summed E-state index contributed by atoms with van der Waals surface area (Å²) in [5, 5.41) is 15.0. The van der Waals surface area contributed by atoms with Crippen LogP contribution in [0.3, 0.4) is 0 Å². The summed E-state index contributed by atoms with van der Waals surface area (Å²) in [6.45, 7) is 1.18. The summed E-state index contributed by atoms with van der Waals surface area (Å²) >= 11 is 1.64. The Kier molecular flexibility index (Phi) is 8.20. The number of benzene rings is 2. The molecule has 3 N–H and O–H groups in total. The van der Waals surface area contributed by atoms with Gasteiger partial charge in [-0.15, -0.1) is 0 Å². The van der Waals surface area contributed by atoms with Crippen molar-refractivity contribution in [1.82, 2.24) is 9.78 Å². The Balaban J connectivity index is 1.56. The number of hydrogen-bond donors (Lipinski definition) is 2. The predicted octanol–water partition coefficient (Wildman–Crippen LogP) is 5.13. The van der Waals surface area contributed by atoms with Gasteiger partial charge < -0.3 is 15.6 Å². The van der Waals surface area contributed by atoms with Crippen molar-refractivity contribution >= 4 is 17.7 Å². The average molecular weight is 466 g/mol. The van der Waals surface area contributed by atoms with Crippen molar-refractivity contribution in [2.24, 2.45) is 17.6 Å². The van der Waals surface area contributed by atoms with Gasteiger partial charge in [-0.2, -0.15) is 5.10 Å². The fourth-order valence-electron chi connectivity index (χ4n) is 4.60. The molecule has 7 heteroatoms. The van der Waals surface area contributed by atoms with Crippen LogP contribution in [0.5, 0.6) is 0 Å². The van der Waals surface area contributed by atoms with Gasteiger partial charge in [-0.1, -0.05) is 72.4 Å². The molecule has 0 spiro atoms. The quantitative estimate of drug-likeness (QED) is 0.319. The summed E-state index contributed by atoms with van der Waals surface area (Å²) in [4.78, 5) is 10.7. The van der Waals surface area contributed by atoms with Gasteiger partial charge in [0.25, 0.3) is 0 Å². The van der Waals surface area contributed by atoms with Gasteiger partial charge in [0.1, 0.15) is 17.3 Å². The van der Waals surface area contributed by atoms with E-state index in [2.05, 4.69) is 41.1 Å². The number of rotatable bonds is 10. The number of carboxylic acids is 1. The first-order valence-corrected chi connectivity index (χ1v) is 12.5. The zero-order valence-electron chi connectivity index (χ0n) is 18.7. The Hall–Kier alpha value is -2.61. The normalized spacial score (nSPS) is 18.3. The molecule has 1 saturated carbocycles. The van der Waals surface area contributed by atoms with Gasteiger partial charge in [0.2, 0.25) is 0 Å². The molecule has 0 saturated heterocycles. The largest absolute Gasteiger partial charge is 0.480 e. The van der Waals surface area contributed by atoms with Crippen LogP contribution in [0.4, 0.5) is 0 Å². The van der Waals surface area contributed by atoms with Crippen molar-refractivity contribution < 1.29 is 14.6 Å². The maximum Gasteiger partial charge on any atom is 0.329 e. The standard InChI is InChI=1S/C26H31N3O3S/c27-18-33-26-24(21-7-3-1-4-8-21)25(22-9-5-2-6-10-22)28-29(26)15-19-11-13-20(14-12-19)16-32-17-23(30)31/h1-10,19-20H,11-18,27H2,(H,30,31)/t19-,20+. The lowest BCUT2D eigenvalue weighted by molar-refractivity contribution is -0.142. The van der Waals surface area contributed by atoms with Crippen LogP contribution in [-0.4, -0.2) is 39.9 Å². The second-order valence-electron chi connectivity index (χ2n) is 8.55. The number of carbonyl (C=O) groups is 1. The molecule has 0 radical (unpaired) electrons. The summed E-state index contributed by atoms with van der Waals surface area (Å²) in [6.07, 6.45) is 4.30. The molecule has 1 heterocycles. The topological polar surface area (TPSA) is 90.4 Å². The molecule has 6 nitrogen and oxygen atoms in total. The number of hydrogen-bond acceptors (Lipinski definition) is 5. The van der Waals surface area contributed by atoms with Crippen molar-refractivity contribution in [3.8, 4) is 22.4 Å². The molecule has 3 aromatic rings. The molecule has 0 bridgehead atoms. The third-order valence-corrected chi connectivity index (χ3v) is 7.07. The molecule has 1 fully saturated rings. The van der Waals surface area contributed by atoms with E-state index in [0.29, 0.717) is 24.3 Å². The second-order valence-corrected chi connectivity index (χ2v) is 9.56. The average Bonchev–Trinajstić information content (AvgIpc) is 3.19. The lowest BCUT2D eigenvalue weighted by Crippen LogP contribution is -2.23. The van der Waals surface area contributed by atoms with E-state index in [9.17, 15) is 4.79 Å². The zero-order valence-corrected chi connectivity index (χ0v) is 19.5. The fraction of sp³-hybridized carbons (Fsp3) is 0.385. The highest BCUT2D eigenvalue weighted by molar-refractivity contribution is 7.99. The van der Waals surface area contributed by atoms with Crippen molar-refractivity contribution in [1.29, 1.82) is 0 Å². The minimum Gasteiger partial charge on any atom is -0.480 e. The number of thioether (sulfide) groups is 1. The highest BCUT2D eigenvalue weighted by Gasteiger charge is 2.26. The van der Waals surface area contributed by atoms with Crippen LogP contribution >= 0.6 is 11.8 Å². The van der Waals surface area contributed by atoms with Crippen molar-refractivity contribution in [2.75, 3.05) is 19.1 Å². The number of ether oxygens (including phenoxy) is 1. The van der Waals surface area contributed by atoms with Gasteiger partial charge in [0, 0.05) is 23.5 Å². The summed E-state index contributed by atoms with van der Waals surface area (Å²) in [7, 11) is 0. The molecule has 174 valence electrons. The highest BCUT2D eigenvalue weighted by atomic mass is 32.2.